The number of benzene rings is 1. The Balaban J connectivity index is 1.39. The fourth-order valence-corrected chi connectivity index (χ4v) is 4.87. The van der Waals surface area contributed by atoms with E-state index in [0.717, 1.165) is 22.6 Å². The molecule has 1 aromatic carbocycles. The quantitative estimate of drug-likeness (QED) is 0.831. The highest BCUT2D eigenvalue weighted by Gasteiger charge is 2.66. The van der Waals surface area contributed by atoms with Crippen LogP contribution >= 0.6 is 0 Å². The van der Waals surface area contributed by atoms with E-state index in [0.29, 0.717) is 13.1 Å². The number of hydrogen-bond acceptors (Lipinski definition) is 4. The van der Waals surface area contributed by atoms with Crippen LogP contribution in [0, 0.1) is 25.7 Å². The van der Waals surface area contributed by atoms with E-state index in [2.05, 4.69) is 11.4 Å². The first-order chi connectivity index (χ1) is 13.4. The molecule has 0 unspecified atom stereocenters. The maximum absolute atomic E-state index is 13.2. The van der Waals surface area contributed by atoms with Gasteiger partial charge in [0.05, 0.1) is 37.3 Å². The van der Waals surface area contributed by atoms with Crippen molar-refractivity contribution in [2.45, 2.75) is 32.1 Å². The minimum Gasteiger partial charge on any atom is -0.467 e. The molecular formula is C22H22N2O4. The first-order valence-corrected chi connectivity index (χ1v) is 9.53. The highest BCUT2D eigenvalue weighted by Crippen LogP contribution is 2.52. The number of nitrogens with zero attached hydrogens (tertiary/aromatic N) is 1. The van der Waals surface area contributed by atoms with Gasteiger partial charge < -0.3 is 19.4 Å². The molecule has 144 valence electrons. The first kappa shape index (κ1) is 17.3. The molecule has 0 aliphatic carbocycles. The number of aryl methyl sites for hydroxylation is 2. The molecule has 4 atom stereocenters. The standard InChI is InChI=1S/C22H22N2O4/c1-13-8-14(2)10-15(9-13)23-20(25)18-17-5-6-22(28-17)12-24(21(26)19(18)22)11-16-4-3-7-27-16/h3-10,17-19H,11-12H2,1-2H3,(H,23,25)/t17-,18+,19-,22-/m1/s1. The Bertz CT molecular complexity index is 960. The first-order valence-electron chi connectivity index (χ1n) is 9.53. The summed E-state index contributed by atoms with van der Waals surface area (Å²) in [7, 11) is 0. The Morgan fingerprint density at radius 3 is 2.79 bits per heavy atom. The van der Waals surface area contributed by atoms with Crippen LogP contribution in [0.4, 0.5) is 5.69 Å². The second kappa shape index (κ2) is 6.07. The van der Waals surface area contributed by atoms with Gasteiger partial charge in [-0.2, -0.15) is 0 Å². The smallest absolute Gasteiger partial charge is 0.231 e. The Kier molecular flexibility index (Phi) is 3.74. The van der Waals surface area contributed by atoms with Crippen molar-refractivity contribution >= 4 is 17.5 Å². The number of carbonyl (C=O) groups is 2. The van der Waals surface area contributed by atoms with E-state index in [9.17, 15) is 9.59 Å². The van der Waals surface area contributed by atoms with Crippen LogP contribution in [0.5, 0.6) is 0 Å². The molecular weight excluding hydrogens is 356 g/mol. The summed E-state index contributed by atoms with van der Waals surface area (Å²) in [5.41, 5.74) is 2.20. The third kappa shape index (κ3) is 2.59. The molecule has 1 spiro atoms. The molecule has 2 aromatic rings. The number of nitrogens with one attached hydrogen (secondary N) is 1. The predicted molar refractivity (Wildman–Crippen MR) is 102 cm³/mol. The second-order valence-electron chi connectivity index (χ2n) is 8.04. The maximum Gasteiger partial charge on any atom is 0.231 e. The maximum atomic E-state index is 13.2. The number of furan rings is 1. The summed E-state index contributed by atoms with van der Waals surface area (Å²) < 4.78 is 11.5. The van der Waals surface area contributed by atoms with Crippen LogP contribution in [-0.4, -0.2) is 35.0 Å². The monoisotopic (exact) mass is 378 g/mol. The summed E-state index contributed by atoms with van der Waals surface area (Å²) >= 11 is 0. The lowest BCUT2D eigenvalue weighted by Crippen LogP contribution is -2.41. The minimum absolute atomic E-state index is 0.0520. The van der Waals surface area contributed by atoms with Gasteiger partial charge in [0, 0.05) is 5.69 Å². The number of ether oxygens (including phenoxy) is 1. The molecule has 3 aliphatic heterocycles. The summed E-state index contributed by atoms with van der Waals surface area (Å²) in [6, 6.07) is 9.57. The largest absolute Gasteiger partial charge is 0.467 e. The van der Waals surface area contributed by atoms with Gasteiger partial charge in [-0.15, -0.1) is 0 Å². The van der Waals surface area contributed by atoms with Gasteiger partial charge >= 0.3 is 0 Å². The fourth-order valence-electron chi connectivity index (χ4n) is 4.87. The molecule has 0 saturated carbocycles. The molecule has 2 fully saturated rings. The summed E-state index contributed by atoms with van der Waals surface area (Å²) in [4.78, 5) is 28.0. The molecule has 6 nitrogen and oxygen atoms in total. The molecule has 2 bridgehead atoms. The van der Waals surface area contributed by atoms with Crippen LogP contribution < -0.4 is 5.32 Å². The van der Waals surface area contributed by atoms with Crippen molar-refractivity contribution < 1.29 is 18.7 Å². The average Bonchev–Trinajstić information content (AvgIpc) is 3.37. The van der Waals surface area contributed by atoms with Crippen molar-refractivity contribution in [2.75, 3.05) is 11.9 Å². The zero-order valence-corrected chi connectivity index (χ0v) is 15.8. The van der Waals surface area contributed by atoms with Crippen molar-refractivity contribution in [3.8, 4) is 0 Å². The molecule has 28 heavy (non-hydrogen) atoms. The SMILES string of the molecule is Cc1cc(C)cc(NC(=O)[C@H]2[C@H]3C=C[C@]4(CN(Cc5ccco5)C(=O)[C@@H]24)O3)c1. The van der Waals surface area contributed by atoms with Crippen LogP contribution in [0.2, 0.25) is 0 Å². The Labute approximate surface area is 163 Å². The Morgan fingerprint density at radius 2 is 2.07 bits per heavy atom. The number of anilines is 1. The number of rotatable bonds is 4. The number of fused-ring (bicyclic) bond motifs is 1. The molecule has 6 heteroatoms. The van der Waals surface area contributed by atoms with E-state index in [4.69, 9.17) is 9.15 Å². The van der Waals surface area contributed by atoms with Crippen molar-refractivity contribution in [2.24, 2.45) is 11.8 Å². The van der Waals surface area contributed by atoms with Gasteiger partial charge in [-0.25, -0.2) is 0 Å². The summed E-state index contributed by atoms with van der Waals surface area (Å²) in [6.07, 6.45) is 5.12. The van der Waals surface area contributed by atoms with E-state index in [1.165, 1.54) is 0 Å². The Morgan fingerprint density at radius 1 is 1.29 bits per heavy atom. The zero-order chi connectivity index (χ0) is 19.5. The highest BCUT2D eigenvalue weighted by atomic mass is 16.5. The lowest BCUT2D eigenvalue weighted by atomic mass is 9.76. The number of carbonyl (C=O) groups excluding carboxylic acids is 2. The van der Waals surface area contributed by atoms with Gasteiger partial charge in [0.1, 0.15) is 11.4 Å². The second-order valence-corrected chi connectivity index (χ2v) is 8.04. The van der Waals surface area contributed by atoms with E-state index >= 15 is 0 Å². The van der Waals surface area contributed by atoms with Gasteiger partial charge in [-0.05, 0) is 49.2 Å². The van der Waals surface area contributed by atoms with Crippen molar-refractivity contribution in [1.29, 1.82) is 0 Å². The predicted octanol–water partition coefficient (Wildman–Crippen LogP) is 2.82. The van der Waals surface area contributed by atoms with E-state index < -0.39 is 17.4 Å². The lowest BCUT2D eigenvalue weighted by Gasteiger charge is -2.23. The lowest BCUT2D eigenvalue weighted by molar-refractivity contribution is -0.136. The van der Waals surface area contributed by atoms with Crippen molar-refractivity contribution in [1.82, 2.24) is 4.90 Å². The number of likely N-dealkylation sites (tertiary alicyclic amines) is 1. The fraction of sp³-hybridized carbons (Fsp3) is 0.364. The molecule has 2 amide bonds. The van der Waals surface area contributed by atoms with Crippen LogP contribution in [0.25, 0.3) is 0 Å². The van der Waals surface area contributed by atoms with Gasteiger partial charge in [0.15, 0.2) is 0 Å². The summed E-state index contributed by atoms with van der Waals surface area (Å²) in [6.45, 7) is 4.82. The Hall–Kier alpha value is -2.86. The summed E-state index contributed by atoms with van der Waals surface area (Å²) in [5, 5.41) is 3.00. The third-order valence-electron chi connectivity index (χ3n) is 5.90. The van der Waals surface area contributed by atoms with Crippen LogP contribution in [0.1, 0.15) is 16.9 Å². The van der Waals surface area contributed by atoms with E-state index in [-0.39, 0.29) is 17.9 Å². The van der Waals surface area contributed by atoms with Gasteiger partial charge in [0.25, 0.3) is 0 Å². The number of hydrogen-bond donors (Lipinski definition) is 1. The van der Waals surface area contributed by atoms with Gasteiger partial charge in [0.2, 0.25) is 11.8 Å². The van der Waals surface area contributed by atoms with Crippen LogP contribution in [0.3, 0.4) is 0 Å². The molecule has 3 aliphatic rings. The van der Waals surface area contributed by atoms with Crippen LogP contribution in [0.15, 0.2) is 53.2 Å². The average molecular weight is 378 g/mol. The third-order valence-corrected chi connectivity index (χ3v) is 5.90. The molecule has 1 N–H and O–H groups in total. The number of amides is 2. The molecule has 4 heterocycles. The van der Waals surface area contributed by atoms with Crippen molar-refractivity contribution in [3.05, 3.63) is 65.6 Å². The zero-order valence-electron chi connectivity index (χ0n) is 15.8. The van der Waals surface area contributed by atoms with Crippen molar-refractivity contribution in [3.63, 3.8) is 0 Å². The summed E-state index contributed by atoms with van der Waals surface area (Å²) in [5.74, 6) is -0.522. The van der Waals surface area contributed by atoms with Crippen LogP contribution in [-0.2, 0) is 20.9 Å². The molecule has 5 rings (SSSR count). The van der Waals surface area contributed by atoms with E-state index in [1.807, 2.05) is 44.2 Å². The molecule has 0 radical (unpaired) electrons. The normalized spacial score (nSPS) is 30.1. The minimum atomic E-state index is -0.709. The highest BCUT2D eigenvalue weighted by molar-refractivity contribution is 5.99. The molecule has 1 aromatic heterocycles. The molecule has 2 saturated heterocycles. The van der Waals surface area contributed by atoms with E-state index in [1.54, 1.807) is 17.2 Å². The topological polar surface area (TPSA) is 71.8 Å². The van der Waals surface area contributed by atoms with Gasteiger partial charge in [-0.1, -0.05) is 18.2 Å². The van der Waals surface area contributed by atoms with Gasteiger partial charge in [-0.3, -0.25) is 9.59 Å².